The Balaban J connectivity index is 0. The Kier molecular flexibility index (Phi) is 8.62. The van der Waals surface area contributed by atoms with Crippen LogP contribution in [-0.2, 0) is 9.59 Å². The molecule has 0 aromatic carbocycles. The van der Waals surface area contributed by atoms with E-state index in [1.54, 1.807) is 0 Å². The molecule has 12 heavy (non-hydrogen) atoms. The lowest BCUT2D eigenvalue weighted by atomic mass is 10.3. The summed E-state index contributed by atoms with van der Waals surface area (Å²) in [5.41, 5.74) is 1.38. The van der Waals surface area contributed by atoms with Crippen molar-refractivity contribution in [3.63, 3.8) is 0 Å². The highest BCUT2D eigenvalue weighted by Crippen LogP contribution is 1.82. The average molecular weight is 174 g/mol. The fraction of sp³-hybridized carbons (Fsp3) is 0.500. The summed E-state index contributed by atoms with van der Waals surface area (Å²) in [4.78, 5) is 18.9. The number of rotatable bonds is 2. The SMILES string of the molecule is CC=C(C)C.O=C(O)CC(=O)O. The number of hydrogen-bond acceptors (Lipinski definition) is 2. The lowest BCUT2D eigenvalue weighted by Crippen LogP contribution is -2.03. The predicted octanol–water partition coefficient (Wildman–Crippen LogP) is 1.52. The Morgan fingerprint density at radius 2 is 1.42 bits per heavy atom. The van der Waals surface area contributed by atoms with E-state index < -0.39 is 18.4 Å². The van der Waals surface area contributed by atoms with Crippen molar-refractivity contribution in [3.8, 4) is 0 Å². The van der Waals surface area contributed by atoms with Crippen LogP contribution >= 0.6 is 0 Å². The Morgan fingerprint density at radius 3 is 1.42 bits per heavy atom. The van der Waals surface area contributed by atoms with Crippen molar-refractivity contribution in [2.45, 2.75) is 27.2 Å². The summed E-state index contributed by atoms with van der Waals surface area (Å²) in [7, 11) is 0. The first kappa shape index (κ1) is 13.3. The van der Waals surface area contributed by atoms with E-state index in [0.29, 0.717) is 0 Å². The van der Waals surface area contributed by atoms with Crippen molar-refractivity contribution in [1.82, 2.24) is 0 Å². The number of allylic oxidation sites excluding steroid dienone is 2. The highest BCUT2D eigenvalue weighted by Gasteiger charge is 2.01. The van der Waals surface area contributed by atoms with E-state index in [4.69, 9.17) is 10.2 Å². The van der Waals surface area contributed by atoms with Gasteiger partial charge >= 0.3 is 11.9 Å². The van der Waals surface area contributed by atoms with Crippen molar-refractivity contribution < 1.29 is 19.8 Å². The molecule has 70 valence electrons. The van der Waals surface area contributed by atoms with E-state index >= 15 is 0 Å². The largest absolute Gasteiger partial charge is 0.481 e. The maximum Gasteiger partial charge on any atom is 0.314 e. The second-order valence-corrected chi connectivity index (χ2v) is 2.33. The molecule has 0 aromatic rings. The highest BCUT2D eigenvalue weighted by atomic mass is 16.4. The molecule has 0 aliphatic carbocycles. The molecule has 0 heterocycles. The van der Waals surface area contributed by atoms with Crippen LogP contribution in [-0.4, -0.2) is 22.2 Å². The van der Waals surface area contributed by atoms with E-state index in [9.17, 15) is 9.59 Å². The minimum atomic E-state index is -1.31. The molecule has 0 saturated carbocycles. The van der Waals surface area contributed by atoms with Crippen LogP contribution in [0.1, 0.15) is 27.2 Å². The van der Waals surface area contributed by atoms with Gasteiger partial charge in [-0.25, -0.2) is 0 Å². The van der Waals surface area contributed by atoms with Crippen molar-refractivity contribution in [2.24, 2.45) is 0 Å². The van der Waals surface area contributed by atoms with E-state index in [1.165, 1.54) is 5.57 Å². The van der Waals surface area contributed by atoms with Gasteiger partial charge in [-0.3, -0.25) is 9.59 Å². The van der Waals surface area contributed by atoms with Crippen LogP contribution in [0, 0.1) is 0 Å². The van der Waals surface area contributed by atoms with Crippen LogP contribution in [0.3, 0.4) is 0 Å². The smallest absolute Gasteiger partial charge is 0.314 e. The molecule has 0 bridgehead atoms. The average Bonchev–Trinajstić information content (AvgIpc) is 1.85. The summed E-state index contributed by atoms with van der Waals surface area (Å²) in [6.07, 6.45) is 1.28. The third-order valence-electron chi connectivity index (χ3n) is 0.880. The zero-order valence-electron chi connectivity index (χ0n) is 7.50. The summed E-state index contributed by atoms with van der Waals surface area (Å²) < 4.78 is 0. The van der Waals surface area contributed by atoms with Crippen molar-refractivity contribution in [2.75, 3.05) is 0 Å². The van der Waals surface area contributed by atoms with Gasteiger partial charge in [0.2, 0.25) is 0 Å². The minimum absolute atomic E-state index is 0.806. The zero-order valence-corrected chi connectivity index (χ0v) is 7.50. The predicted molar refractivity (Wildman–Crippen MR) is 45.0 cm³/mol. The molecule has 0 aliphatic heterocycles. The van der Waals surface area contributed by atoms with Gasteiger partial charge in [0, 0.05) is 0 Å². The summed E-state index contributed by atoms with van der Waals surface area (Å²) in [6.45, 7) is 6.20. The second kappa shape index (κ2) is 7.78. The normalized spacial score (nSPS) is 7.58. The molecule has 0 radical (unpaired) electrons. The van der Waals surface area contributed by atoms with E-state index in [-0.39, 0.29) is 0 Å². The van der Waals surface area contributed by atoms with Crippen LogP contribution < -0.4 is 0 Å². The summed E-state index contributed by atoms with van der Waals surface area (Å²) in [6, 6.07) is 0. The molecule has 0 unspecified atom stereocenters. The molecule has 0 amide bonds. The van der Waals surface area contributed by atoms with Gasteiger partial charge < -0.3 is 10.2 Å². The van der Waals surface area contributed by atoms with Crippen molar-refractivity contribution in [1.29, 1.82) is 0 Å². The lowest BCUT2D eigenvalue weighted by Gasteiger charge is -1.80. The van der Waals surface area contributed by atoms with Gasteiger partial charge in [-0.05, 0) is 20.8 Å². The van der Waals surface area contributed by atoms with Gasteiger partial charge in [0.25, 0.3) is 0 Å². The maximum absolute atomic E-state index is 9.43. The van der Waals surface area contributed by atoms with Crippen LogP contribution in [0.2, 0.25) is 0 Å². The summed E-state index contributed by atoms with van der Waals surface area (Å²) in [5, 5.41) is 15.4. The first-order chi connectivity index (χ1) is 5.40. The molecule has 0 saturated heterocycles. The molecule has 4 heteroatoms. The lowest BCUT2D eigenvalue weighted by molar-refractivity contribution is -0.147. The van der Waals surface area contributed by atoms with Gasteiger partial charge in [0.15, 0.2) is 0 Å². The number of carboxylic acids is 2. The number of hydrogen-bond donors (Lipinski definition) is 2. The van der Waals surface area contributed by atoms with E-state index in [0.717, 1.165) is 0 Å². The molecule has 2 N–H and O–H groups in total. The third kappa shape index (κ3) is 23.4. The molecular weight excluding hydrogens is 160 g/mol. The number of carbonyl (C=O) groups is 2. The van der Waals surface area contributed by atoms with Gasteiger partial charge in [0.1, 0.15) is 6.42 Å². The first-order valence-electron chi connectivity index (χ1n) is 3.43. The second-order valence-electron chi connectivity index (χ2n) is 2.33. The maximum atomic E-state index is 9.43. The first-order valence-corrected chi connectivity index (χ1v) is 3.43. The fourth-order valence-corrected chi connectivity index (χ4v) is 0.129. The topological polar surface area (TPSA) is 74.6 Å². The van der Waals surface area contributed by atoms with Crippen LogP contribution in [0.4, 0.5) is 0 Å². The molecule has 0 spiro atoms. The Bertz CT molecular complexity index is 165. The Labute approximate surface area is 71.5 Å². The monoisotopic (exact) mass is 174 g/mol. The summed E-state index contributed by atoms with van der Waals surface area (Å²) in [5.74, 6) is -2.62. The van der Waals surface area contributed by atoms with E-state index in [1.807, 2.05) is 6.92 Å². The van der Waals surface area contributed by atoms with Crippen molar-refractivity contribution >= 4 is 11.9 Å². The fourth-order valence-electron chi connectivity index (χ4n) is 0.129. The van der Waals surface area contributed by atoms with Gasteiger partial charge in [0.05, 0.1) is 0 Å². The molecule has 0 fully saturated rings. The highest BCUT2D eigenvalue weighted by molar-refractivity contribution is 5.88. The van der Waals surface area contributed by atoms with Gasteiger partial charge in [-0.1, -0.05) is 11.6 Å². The van der Waals surface area contributed by atoms with Gasteiger partial charge in [-0.15, -0.1) is 0 Å². The Morgan fingerprint density at radius 1 is 1.17 bits per heavy atom. The number of carboxylic acid groups (broad SMARTS) is 2. The Hall–Kier alpha value is -1.32. The number of aliphatic carboxylic acids is 2. The molecule has 0 aromatic heterocycles. The molecular formula is C8H14O4. The molecule has 4 nitrogen and oxygen atoms in total. The minimum Gasteiger partial charge on any atom is -0.481 e. The molecule has 0 rings (SSSR count). The molecule has 0 aliphatic rings. The van der Waals surface area contributed by atoms with Crippen LogP contribution in [0.5, 0.6) is 0 Å². The third-order valence-corrected chi connectivity index (χ3v) is 0.880. The van der Waals surface area contributed by atoms with Crippen LogP contribution in [0.25, 0.3) is 0 Å². The van der Waals surface area contributed by atoms with Crippen molar-refractivity contribution in [3.05, 3.63) is 11.6 Å². The van der Waals surface area contributed by atoms with Crippen LogP contribution in [0.15, 0.2) is 11.6 Å². The van der Waals surface area contributed by atoms with E-state index in [2.05, 4.69) is 19.9 Å². The molecule has 0 atom stereocenters. The quantitative estimate of drug-likeness (QED) is 0.491. The van der Waals surface area contributed by atoms with Gasteiger partial charge in [-0.2, -0.15) is 0 Å². The zero-order chi connectivity index (χ0) is 10.1. The standard InChI is InChI=1S/C5H10.C3H4O4/c1-4-5(2)3;4-2(5)1-3(6)7/h4H,1-3H3;1H2,(H,4,5)(H,6,7). The summed E-state index contributed by atoms with van der Waals surface area (Å²) >= 11 is 0.